The van der Waals surface area contributed by atoms with E-state index in [0.29, 0.717) is 17.3 Å². The highest BCUT2D eigenvalue weighted by Crippen LogP contribution is 2.29. The molecule has 0 aliphatic rings. The average molecular weight is 232 g/mol. The van der Waals surface area contributed by atoms with Crippen LogP contribution in [-0.2, 0) is 4.74 Å². The molecule has 0 aliphatic carbocycles. The number of carbonyl (C=O) groups is 1. The predicted molar refractivity (Wildman–Crippen MR) is 59.4 cm³/mol. The summed E-state index contributed by atoms with van der Waals surface area (Å²) in [4.78, 5) is 16.2. The van der Waals surface area contributed by atoms with E-state index < -0.39 is 0 Å². The highest BCUT2D eigenvalue weighted by molar-refractivity contribution is 8.00. The van der Waals surface area contributed by atoms with Crippen LogP contribution in [0.1, 0.15) is 16.6 Å². The largest absolute Gasteiger partial charge is 0.462 e. The Balaban J connectivity index is 2.93. The number of nitrogens with one attached hydrogen (secondary N) is 1. The second-order valence-electron chi connectivity index (χ2n) is 2.33. The van der Waals surface area contributed by atoms with Crippen LogP contribution < -0.4 is 5.32 Å². The molecule has 0 saturated heterocycles. The minimum Gasteiger partial charge on any atom is -0.462 e. The van der Waals surface area contributed by atoms with Gasteiger partial charge in [0.1, 0.15) is 0 Å². The quantitative estimate of drug-likeness (QED) is 0.636. The molecule has 1 N–H and O–H groups in total. The van der Waals surface area contributed by atoms with E-state index in [2.05, 4.69) is 10.3 Å². The third-order valence-corrected chi connectivity index (χ3v) is 3.50. The predicted octanol–water partition coefficient (Wildman–Crippen LogP) is 2.08. The third kappa shape index (κ3) is 2.39. The lowest BCUT2D eigenvalue weighted by Crippen LogP contribution is -2.05. The molecule has 1 aromatic rings. The first kappa shape index (κ1) is 11.3. The van der Waals surface area contributed by atoms with Crippen molar-refractivity contribution in [2.24, 2.45) is 0 Å². The molecule has 1 aromatic heterocycles. The molecule has 14 heavy (non-hydrogen) atoms. The standard InChI is InChI=1S/C8H12N2O2S2/c1-4-12-7(11)5-6(9-2)10-8(13-3)14-5/h9H,4H2,1-3H3. The van der Waals surface area contributed by atoms with E-state index in [9.17, 15) is 4.79 Å². The van der Waals surface area contributed by atoms with Gasteiger partial charge in [-0.3, -0.25) is 0 Å². The average Bonchev–Trinajstić information content (AvgIpc) is 2.61. The number of anilines is 1. The molecule has 1 rings (SSSR count). The number of nitrogens with zero attached hydrogens (tertiary/aromatic N) is 1. The smallest absolute Gasteiger partial charge is 0.352 e. The SMILES string of the molecule is CCOC(=O)c1sc(SC)nc1NC. The summed E-state index contributed by atoms with van der Waals surface area (Å²) in [5.41, 5.74) is 0. The summed E-state index contributed by atoms with van der Waals surface area (Å²) in [6.07, 6.45) is 1.92. The van der Waals surface area contributed by atoms with Crippen LogP contribution in [0.15, 0.2) is 4.34 Å². The molecule has 0 bridgehead atoms. The molecule has 0 atom stereocenters. The molecule has 0 amide bonds. The third-order valence-electron chi connectivity index (χ3n) is 1.48. The zero-order valence-electron chi connectivity index (χ0n) is 8.29. The summed E-state index contributed by atoms with van der Waals surface area (Å²) in [6.45, 7) is 2.17. The minimum atomic E-state index is -0.311. The minimum absolute atomic E-state index is 0.311. The highest BCUT2D eigenvalue weighted by Gasteiger charge is 2.17. The number of aromatic nitrogens is 1. The van der Waals surface area contributed by atoms with Crippen LogP contribution >= 0.6 is 23.1 Å². The van der Waals surface area contributed by atoms with Gasteiger partial charge in [0.2, 0.25) is 0 Å². The molecule has 6 heteroatoms. The van der Waals surface area contributed by atoms with Gasteiger partial charge in [-0.25, -0.2) is 9.78 Å². The van der Waals surface area contributed by atoms with Crippen LogP contribution in [0.3, 0.4) is 0 Å². The van der Waals surface area contributed by atoms with Crippen LogP contribution in [0.5, 0.6) is 0 Å². The van der Waals surface area contributed by atoms with Crippen molar-refractivity contribution < 1.29 is 9.53 Å². The van der Waals surface area contributed by atoms with Gasteiger partial charge >= 0.3 is 5.97 Å². The molecule has 0 radical (unpaired) electrons. The van der Waals surface area contributed by atoms with Crippen LogP contribution in [0.25, 0.3) is 0 Å². The molecule has 0 aliphatic heterocycles. The fraction of sp³-hybridized carbons (Fsp3) is 0.500. The fourth-order valence-electron chi connectivity index (χ4n) is 0.892. The first-order valence-electron chi connectivity index (χ1n) is 4.12. The number of carbonyl (C=O) groups excluding carboxylic acids is 1. The van der Waals surface area contributed by atoms with Crippen molar-refractivity contribution in [2.75, 3.05) is 25.2 Å². The van der Waals surface area contributed by atoms with E-state index in [-0.39, 0.29) is 5.97 Å². The van der Waals surface area contributed by atoms with Gasteiger partial charge in [0.15, 0.2) is 15.0 Å². The highest BCUT2D eigenvalue weighted by atomic mass is 32.2. The Kier molecular flexibility index (Phi) is 4.21. The van der Waals surface area contributed by atoms with Crippen molar-refractivity contribution >= 4 is 34.9 Å². The number of thiazole rings is 1. The second-order valence-corrected chi connectivity index (χ2v) is 4.38. The van der Waals surface area contributed by atoms with Crippen LogP contribution in [-0.4, -0.2) is 30.9 Å². The zero-order valence-corrected chi connectivity index (χ0v) is 9.92. The van der Waals surface area contributed by atoms with E-state index >= 15 is 0 Å². The summed E-state index contributed by atoms with van der Waals surface area (Å²) < 4.78 is 5.77. The molecule has 0 saturated carbocycles. The number of rotatable bonds is 4. The number of thioether (sulfide) groups is 1. The normalized spacial score (nSPS) is 9.93. The monoisotopic (exact) mass is 232 g/mol. The van der Waals surface area contributed by atoms with E-state index in [1.54, 1.807) is 14.0 Å². The van der Waals surface area contributed by atoms with Gasteiger partial charge in [-0.15, -0.1) is 0 Å². The number of hydrogen-bond donors (Lipinski definition) is 1. The van der Waals surface area contributed by atoms with Gasteiger partial charge in [0.05, 0.1) is 6.61 Å². The Bertz CT molecular complexity index is 325. The Morgan fingerprint density at radius 3 is 2.93 bits per heavy atom. The maximum absolute atomic E-state index is 11.5. The van der Waals surface area contributed by atoms with Gasteiger partial charge in [0.25, 0.3) is 0 Å². The fourth-order valence-corrected chi connectivity index (χ4v) is 2.36. The van der Waals surface area contributed by atoms with Gasteiger partial charge in [-0.05, 0) is 13.2 Å². The van der Waals surface area contributed by atoms with Crippen LogP contribution in [0.4, 0.5) is 5.82 Å². The lowest BCUT2D eigenvalue weighted by atomic mass is 10.5. The summed E-state index contributed by atoms with van der Waals surface area (Å²) >= 11 is 2.86. The van der Waals surface area contributed by atoms with E-state index in [4.69, 9.17) is 4.74 Å². The molecule has 0 unspecified atom stereocenters. The first-order valence-corrected chi connectivity index (χ1v) is 6.16. The molecule has 1 heterocycles. The van der Waals surface area contributed by atoms with Crippen LogP contribution in [0.2, 0.25) is 0 Å². The molecular formula is C8H12N2O2S2. The van der Waals surface area contributed by atoms with Crippen molar-refractivity contribution in [3.05, 3.63) is 4.88 Å². The lowest BCUT2D eigenvalue weighted by Gasteiger charge is -2.00. The van der Waals surface area contributed by atoms with Crippen molar-refractivity contribution in [2.45, 2.75) is 11.3 Å². The second kappa shape index (κ2) is 5.21. The van der Waals surface area contributed by atoms with Crippen molar-refractivity contribution in [1.82, 2.24) is 4.98 Å². The summed E-state index contributed by atoms with van der Waals surface area (Å²) in [5, 5.41) is 2.87. The van der Waals surface area contributed by atoms with Crippen molar-refractivity contribution in [3.63, 3.8) is 0 Å². The Labute approximate surface area is 91.1 Å². The van der Waals surface area contributed by atoms with E-state index in [0.717, 1.165) is 4.34 Å². The molecule has 0 spiro atoms. The molecule has 4 nitrogen and oxygen atoms in total. The summed E-state index contributed by atoms with van der Waals surface area (Å²) in [6, 6.07) is 0. The zero-order chi connectivity index (χ0) is 10.6. The Morgan fingerprint density at radius 2 is 2.43 bits per heavy atom. The van der Waals surface area contributed by atoms with Crippen molar-refractivity contribution in [1.29, 1.82) is 0 Å². The van der Waals surface area contributed by atoms with E-state index in [1.807, 2.05) is 6.26 Å². The van der Waals surface area contributed by atoms with Gasteiger partial charge in [-0.2, -0.15) is 0 Å². The van der Waals surface area contributed by atoms with Gasteiger partial charge in [0, 0.05) is 7.05 Å². The lowest BCUT2D eigenvalue weighted by molar-refractivity contribution is 0.0533. The number of hydrogen-bond acceptors (Lipinski definition) is 6. The number of ether oxygens (including phenoxy) is 1. The molecular weight excluding hydrogens is 220 g/mol. The first-order chi connectivity index (χ1) is 6.72. The van der Waals surface area contributed by atoms with E-state index in [1.165, 1.54) is 23.1 Å². The Hall–Kier alpha value is -0.750. The van der Waals surface area contributed by atoms with Gasteiger partial charge in [-0.1, -0.05) is 23.1 Å². The maximum atomic E-state index is 11.5. The van der Waals surface area contributed by atoms with Gasteiger partial charge < -0.3 is 10.1 Å². The molecule has 0 fully saturated rings. The maximum Gasteiger partial charge on any atom is 0.352 e. The summed E-state index contributed by atoms with van der Waals surface area (Å²) in [5.74, 6) is 0.285. The number of esters is 1. The Morgan fingerprint density at radius 1 is 1.71 bits per heavy atom. The molecule has 78 valence electrons. The van der Waals surface area contributed by atoms with Crippen molar-refractivity contribution in [3.8, 4) is 0 Å². The van der Waals surface area contributed by atoms with Crippen LogP contribution in [0, 0.1) is 0 Å². The topological polar surface area (TPSA) is 51.2 Å². The molecule has 0 aromatic carbocycles. The summed E-state index contributed by atoms with van der Waals surface area (Å²) in [7, 11) is 1.74.